The fourth-order valence-corrected chi connectivity index (χ4v) is 1.27. The molecule has 0 radical (unpaired) electrons. The summed E-state index contributed by atoms with van der Waals surface area (Å²) in [7, 11) is 1.62. The maximum atomic E-state index is 5.66. The highest BCUT2D eigenvalue weighted by atomic mass is 16.5. The predicted octanol–water partition coefficient (Wildman–Crippen LogP) is 1.30. The van der Waals surface area contributed by atoms with Crippen LogP contribution >= 0.6 is 0 Å². The van der Waals surface area contributed by atoms with Gasteiger partial charge in [0.25, 0.3) is 0 Å². The second-order valence-corrected chi connectivity index (χ2v) is 3.17. The average molecular weight is 211 g/mol. The Morgan fingerprint density at radius 2 is 2.20 bits per heavy atom. The summed E-state index contributed by atoms with van der Waals surface area (Å²) in [6.07, 6.45) is -0.144. The van der Waals surface area contributed by atoms with Gasteiger partial charge in [0.1, 0.15) is 11.9 Å². The number of aromatic nitrogens is 2. The van der Waals surface area contributed by atoms with Crippen molar-refractivity contribution in [3.8, 4) is 0 Å². The van der Waals surface area contributed by atoms with Crippen molar-refractivity contribution in [2.45, 2.75) is 26.6 Å². The number of nitrogen functional groups attached to an aromatic ring is 1. The highest BCUT2D eigenvalue weighted by Gasteiger charge is 2.10. The van der Waals surface area contributed by atoms with Gasteiger partial charge in [-0.15, -0.1) is 0 Å². The van der Waals surface area contributed by atoms with Crippen molar-refractivity contribution in [3.05, 3.63) is 17.6 Å². The number of rotatable bonds is 5. The molecule has 2 N–H and O–H groups in total. The highest BCUT2D eigenvalue weighted by molar-refractivity contribution is 5.29. The Bertz CT molecular complexity index is 318. The molecule has 5 nitrogen and oxygen atoms in total. The molecule has 0 aliphatic heterocycles. The Morgan fingerprint density at radius 1 is 1.47 bits per heavy atom. The predicted molar refractivity (Wildman–Crippen MR) is 57.2 cm³/mol. The van der Waals surface area contributed by atoms with Crippen LogP contribution in [0.2, 0.25) is 0 Å². The molecule has 0 aliphatic carbocycles. The SMILES string of the molecule is CCOC(C)c1nc(N)cc(COC)n1. The molecular weight excluding hydrogens is 194 g/mol. The molecule has 1 aromatic heterocycles. The van der Waals surface area contributed by atoms with Gasteiger partial charge in [0.05, 0.1) is 12.3 Å². The van der Waals surface area contributed by atoms with Crippen molar-refractivity contribution in [1.29, 1.82) is 0 Å². The minimum Gasteiger partial charge on any atom is -0.384 e. The second kappa shape index (κ2) is 5.63. The number of nitrogens with two attached hydrogens (primary N) is 1. The zero-order valence-electron chi connectivity index (χ0n) is 9.36. The van der Waals surface area contributed by atoms with E-state index in [4.69, 9.17) is 15.2 Å². The van der Waals surface area contributed by atoms with E-state index in [1.807, 2.05) is 13.8 Å². The zero-order valence-corrected chi connectivity index (χ0v) is 9.36. The van der Waals surface area contributed by atoms with E-state index < -0.39 is 0 Å². The third-order valence-electron chi connectivity index (χ3n) is 1.89. The maximum Gasteiger partial charge on any atom is 0.159 e. The third kappa shape index (κ3) is 3.45. The molecule has 5 heteroatoms. The van der Waals surface area contributed by atoms with E-state index in [9.17, 15) is 0 Å². The van der Waals surface area contributed by atoms with E-state index in [-0.39, 0.29) is 6.10 Å². The maximum absolute atomic E-state index is 5.66. The Balaban J connectivity index is 2.87. The molecular formula is C10H17N3O2. The van der Waals surface area contributed by atoms with Crippen LogP contribution in [-0.2, 0) is 16.1 Å². The summed E-state index contributed by atoms with van der Waals surface area (Å²) >= 11 is 0. The first-order valence-corrected chi connectivity index (χ1v) is 4.91. The lowest BCUT2D eigenvalue weighted by Gasteiger charge is -2.11. The summed E-state index contributed by atoms with van der Waals surface area (Å²) in [5.41, 5.74) is 6.43. The van der Waals surface area contributed by atoms with Gasteiger partial charge >= 0.3 is 0 Å². The molecule has 15 heavy (non-hydrogen) atoms. The van der Waals surface area contributed by atoms with Crippen LogP contribution < -0.4 is 5.73 Å². The van der Waals surface area contributed by atoms with Crippen LogP contribution in [0.1, 0.15) is 31.5 Å². The van der Waals surface area contributed by atoms with E-state index in [0.717, 1.165) is 5.69 Å². The van der Waals surface area contributed by atoms with Crippen LogP contribution in [-0.4, -0.2) is 23.7 Å². The van der Waals surface area contributed by atoms with Crippen LogP contribution in [0, 0.1) is 0 Å². The third-order valence-corrected chi connectivity index (χ3v) is 1.89. The van der Waals surface area contributed by atoms with E-state index >= 15 is 0 Å². The molecule has 0 aliphatic rings. The Kier molecular flexibility index (Phi) is 4.45. The second-order valence-electron chi connectivity index (χ2n) is 3.17. The molecule has 1 rings (SSSR count). The van der Waals surface area contributed by atoms with Gasteiger partial charge in [-0.1, -0.05) is 0 Å². The Hall–Kier alpha value is -1.20. The molecule has 1 heterocycles. The first-order chi connectivity index (χ1) is 7.17. The summed E-state index contributed by atoms with van der Waals surface area (Å²) in [6, 6.07) is 1.70. The van der Waals surface area contributed by atoms with Crippen LogP contribution in [0.25, 0.3) is 0 Å². The van der Waals surface area contributed by atoms with Crippen molar-refractivity contribution < 1.29 is 9.47 Å². The summed E-state index contributed by atoms with van der Waals surface area (Å²) in [4.78, 5) is 8.42. The highest BCUT2D eigenvalue weighted by Crippen LogP contribution is 2.14. The van der Waals surface area contributed by atoms with Crippen LogP contribution in [0.15, 0.2) is 6.07 Å². The lowest BCUT2D eigenvalue weighted by atomic mass is 10.3. The van der Waals surface area contributed by atoms with Crippen LogP contribution in [0.3, 0.4) is 0 Å². The molecule has 1 atom stereocenters. The zero-order chi connectivity index (χ0) is 11.3. The average Bonchev–Trinajstić information content (AvgIpc) is 2.17. The van der Waals surface area contributed by atoms with Gasteiger partial charge in [-0.05, 0) is 13.8 Å². The van der Waals surface area contributed by atoms with Gasteiger partial charge in [0.15, 0.2) is 5.82 Å². The molecule has 1 unspecified atom stereocenters. The molecule has 0 bridgehead atoms. The van der Waals surface area contributed by atoms with Gasteiger partial charge in [0, 0.05) is 19.8 Å². The van der Waals surface area contributed by atoms with Crippen molar-refractivity contribution in [1.82, 2.24) is 9.97 Å². The molecule has 1 aromatic rings. The molecule has 0 saturated carbocycles. The summed E-state index contributed by atoms with van der Waals surface area (Å²) < 4.78 is 10.4. The fraction of sp³-hybridized carbons (Fsp3) is 0.600. The monoisotopic (exact) mass is 211 g/mol. The molecule has 0 spiro atoms. The number of methoxy groups -OCH3 is 1. The topological polar surface area (TPSA) is 70.3 Å². The number of hydrogen-bond donors (Lipinski definition) is 1. The summed E-state index contributed by atoms with van der Waals surface area (Å²) in [5.74, 6) is 1.04. The Labute approximate surface area is 89.6 Å². The van der Waals surface area contributed by atoms with Crippen molar-refractivity contribution in [2.75, 3.05) is 19.5 Å². The number of anilines is 1. The quantitative estimate of drug-likeness (QED) is 0.795. The fourth-order valence-electron chi connectivity index (χ4n) is 1.27. The molecule has 0 fully saturated rings. The van der Waals surface area contributed by atoms with Crippen molar-refractivity contribution in [3.63, 3.8) is 0 Å². The smallest absolute Gasteiger partial charge is 0.159 e. The number of ether oxygens (including phenoxy) is 2. The Morgan fingerprint density at radius 3 is 2.80 bits per heavy atom. The van der Waals surface area contributed by atoms with E-state index in [0.29, 0.717) is 24.9 Å². The summed E-state index contributed by atoms with van der Waals surface area (Å²) in [6.45, 7) is 4.88. The van der Waals surface area contributed by atoms with Gasteiger partial charge in [-0.2, -0.15) is 0 Å². The first-order valence-electron chi connectivity index (χ1n) is 4.91. The number of hydrogen-bond acceptors (Lipinski definition) is 5. The lowest BCUT2D eigenvalue weighted by Crippen LogP contribution is -2.09. The minimum absolute atomic E-state index is 0.144. The van der Waals surface area contributed by atoms with Gasteiger partial charge < -0.3 is 15.2 Å². The largest absolute Gasteiger partial charge is 0.384 e. The van der Waals surface area contributed by atoms with Gasteiger partial charge in [0.2, 0.25) is 0 Å². The van der Waals surface area contributed by atoms with Crippen LogP contribution in [0.4, 0.5) is 5.82 Å². The minimum atomic E-state index is -0.144. The van der Waals surface area contributed by atoms with Crippen molar-refractivity contribution in [2.24, 2.45) is 0 Å². The molecule has 0 amide bonds. The van der Waals surface area contributed by atoms with Gasteiger partial charge in [-0.3, -0.25) is 0 Å². The number of nitrogens with zero attached hydrogens (tertiary/aromatic N) is 2. The van der Waals surface area contributed by atoms with Crippen molar-refractivity contribution >= 4 is 5.82 Å². The molecule has 84 valence electrons. The normalized spacial score (nSPS) is 12.7. The van der Waals surface area contributed by atoms with Gasteiger partial charge in [-0.25, -0.2) is 9.97 Å². The van der Waals surface area contributed by atoms with Crippen LogP contribution in [0.5, 0.6) is 0 Å². The first kappa shape index (κ1) is 11.9. The van der Waals surface area contributed by atoms with E-state index in [1.165, 1.54) is 0 Å². The lowest BCUT2D eigenvalue weighted by molar-refractivity contribution is 0.0695. The molecule has 0 aromatic carbocycles. The van der Waals surface area contributed by atoms with E-state index in [2.05, 4.69) is 9.97 Å². The molecule has 0 saturated heterocycles. The summed E-state index contributed by atoms with van der Waals surface area (Å²) in [5, 5.41) is 0. The van der Waals surface area contributed by atoms with E-state index in [1.54, 1.807) is 13.2 Å². The standard InChI is InChI=1S/C10H17N3O2/c1-4-15-7(2)10-12-8(6-14-3)5-9(11)13-10/h5,7H,4,6H2,1-3H3,(H2,11,12,13).